The standard InChI is InChI=1S/2C16H21.C2H7Si.2C2H5.2ClH.Zr/c2*1-10(2)13-8-14-6-12(5)7-16(14)15(9-13)11(3)4;1-3-2;2*1-2;;;/h2*6-11H,1-5H3;3H,1-2H3;2*1H2,2H3;2*1H;/q;;;;;;;+2/p-2. The molecule has 0 nitrogen and oxygen atoms in total. The quantitative estimate of drug-likeness (QED) is 0.228. The average molecular weight is 706 g/mol. The van der Waals surface area contributed by atoms with Gasteiger partial charge in [0.25, 0.3) is 0 Å². The molecule has 2 aliphatic carbocycles. The number of benzene rings is 2. The Morgan fingerprint density at radius 3 is 1.19 bits per heavy atom. The molecule has 0 fully saturated rings. The van der Waals surface area contributed by atoms with Gasteiger partial charge in [-0.05, 0) is 0 Å². The third-order valence-corrected chi connectivity index (χ3v) is 106. The maximum absolute atomic E-state index is 9.34. The van der Waals surface area contributed by atoms with Crippen molar-refractivity contribution in [1.82, 2.24) is 0 Å². The van der Waals surface area contributed by atoms with Gasteiger partial charge < -0.3 is 0 Å². The summed E-state index contributed by atoms with van der Waals surface area (Å²) < 4.78 is 1.89. The molecule has 0 aromatic heterocycles. The van der Waals surface area contributed by atoms with E-state index in [4.69, 9.17) is 0 Å². The molecule has 233 valence electrons. The Bertz CT molecular complexity index is 1430. The van der Waals surface area contributed by atoms with Crippen molar-refractivity contribution >= 4 is 35.1 Å². The van der Waals surface area contributed by atoms with Crippen molar-refractivity contribution in [3.8, 4) is 0 Å². The summed E-state index contributed by atoms with van der Waals surface area (Å²) in [6.07, 6.45) is 5.00. The van der Waals surface area contributed by atoms with Gasteiger partial charge in [0.1, 0.15) is 0 Å². The number of halogens is 2. The Kier molecular flexibility index (Phi) is 8.25. The van der Waals surface area contributed by atoms with Crippen LogP contribution >= 0.6 is 17.0 Å². The van der Waals surface area contributed by atoms with E-state index < -0.39 is 18.5 Å². The number of fused-ring (bicyclic) bond motifs is 2. The van der Waals surface area contributed by atoms with Gasteiger partial charge in [0.05, 0.1) is 0 Å². The summed E-state index contributed by atoms with van der Waals surface area (Å²) in [7, 11) is 18.7. The van der Waals surface area contributed by atoms with E-state index in [0.29, 0.717) is 23.7 Å². The number of rotatable bonds is 9. The molecule has 0 bridgehead atoms. The van der Waals surface area contributed by atoms with Gasteiger partial charge in [-0.15, -0.1) is 0 Å². The molecule has 0 saturated heterocycles. The van der Waals surface area contributed by atoms with Crippen LogP contribution in [0.25, 0.3) is 12.2 Å². The number of hydrogen-bond acceptors (Lipinski definition) is 0. The predicted octanol–water partition coefficient (Wildman–Crippen LogP) is 13.7. The first-order chi connectivity index (χ1) is 19.2. The van der Waals surface area contributed by atoms with Gasteiger partial charge in [0.2, 0.25) is 0 Å². The van der Waals surface area contributed by atoms with Crippen LogP contribution in [-0.2, 0) is 12.6 Å². The summed E-state index contributed by atoms with van der Waals surface area (Å²) in [6.45, 7) is 33.2. The average Bonchev–Trinajstić information content (AvgIpc) is 3.44. The van der Waals surface area contributed by atoms with Crippen molar-refractivity contribution in [2.45, 2.75) is 135 Å². The maximum atomic E-state index is 9.34. The Morgan fingerprint density at radius 2 is 0.952 bits per heavy atom. The van der Waals surface area contributed by atoms with E-state index in [0.717, 1.165) is 8.26 Å². The predicted molar refractivity (Wildman–Crippen MR) is 194 cm³/mol. The fourth-order valence-electron chi connectivity index (χ4n) is 10.3. The zero-order valence-corrected chi connectivity index (χ0v) is 34.3. The van der Waals surface area contributed by atoms with Gasteiger partial charge in [-0.2, -0.15) is 0 Å². The molecule has 0 N–H and O–H groups in total. The van der Waals surface area contributed by atoms with Crippen LogP contribution < -0.4 is 0 Å². The molecule has 0 aliphatic heterocycles. The van der Waals surface area contributed by atoms with E-state index in [-0.39, 0.29) is 7.25 Å². The second-order valence-corrected chi connectivity index (χ2v) is 83.6. The molecule has 4 heteroatoms. The molecule has 0 saturated carbocycles. The van der Waals surface area contributed by atoms with Crippen LogP contribution in [0.3, 0.4) is 0 Å². The van der Waals surface area contributed by atoms with Crippen LogP contribution in [0.15, 0.2) is 35.4 Å². The van der Waals surface area contributed by atoms with Crippen molar-refractivity contribution in [2.24, 2.45) is 0 Å². The van der Waals surface area contributed by atoms with Crippen LogP contribution in [0.5, 0.6) is 0 Å². The number of hydrogen-bond donors (Lipinski definition) is 0. The third-order valence-electron chi connectivity index (χ3n) is 13.5. The summed E-state index contributed by atoms with van der Waals surface area (Å²) >= 11 is -6.02. The zero-order valence-electron chi connectivity index (χ0n) is 29.2. The van der Waals surface area contributed by atoms with Crippen LogP contribution in [-0.4, -0.2) is 5.92 Å². The molecular weight excluding hydrogens is 647 g/mol. The van der Waals surface area contributed by atoms with Crippen molar-refractivity contribution < 1.29 is 12.6 Å². The molecule has 0 radical (unpaired) electrons. The molecular formula is C38H59Cl2SiZr. The molecule has 2 aromatic rings. The van der Waals surface area contributed by atoms with Crippen LogP contribution in [0.2, 0.25) is 21.4 Å². The minimum absolute atomic E-state index is 0.0717. The van der Waals surface area contributed by atoms with Crippen molar-refractivity contribution in [1.29, 1.82) is 0 Å². The number of allylic oxidation sites excluding steroid dienone is 2. The minimum atomic E-state index is -6.02. The Labute approximate surface area is 261 Å². The Balaban J connectivity index is 2.28. The summed E-state index contributed by atoms with van der Waals surface area (Å²) in [4.78, 5) is 0. The summed E-state index contributed by atoms with van der Waals surface area (Å²) in [6, 6.07) is 9.99. The van der Waals surface area contributed by atoms with E-state index in [1.165, 1.54) is 55.7 Å². The first kappa shape index (κ1) is 34.5. The molecule has 42 heavy (non-hydrogen) atoms. The van der Waals surface area contributed by atoms with E-state index in [1.807, 2.05) is 0 Å². The Hall–Kier alpha value is -0.400. The zero-order chi connectivity index (χ0) is 31.8. The molecule has 0 heterocycles. The van der Waals surface area contributed by atoms with Crippen molar-refractivity contribution in [2.75, 3.05) is 0 Å². The van der Waals surface area contributed by atoms with E-state index >= 15 is 0 Å². The molecule has 0 spiro atoms. The molecule has 4 rings (SSSR count). The van der Waals surface area contributed by atoms with Gasteiger partial charge in [0.15, 0.2) is 0 Å². The fourth-order valence-corrected chi connectivity index (χ4v) is 67.4. The van der Waals surface area contributed by atoms with Gasteiger partial charge >= 0.3 is 263 Å². The second-order valence-electron chi connectivity index (χ2n) is 16.6. The van der Waals surface area contributed by atoms with Crippen LogP contribution in [0, 0.1) is 0 Å². The van der Waals surface area contributed by atoms with Gasteiger partial charge in [-0.1, -0.05) is 0 Å². The van der Waals surface area contributed by atoms with Gasteiger partial charge in [-0.3, -0.25) is 0 Å². The first-order valence-corrected chi connectivity index (χ1v) is 36.7. The van der Waals surface area contributed by atoms with Gasteiger partial charge in [0, 0.05) is 0 Å². The molecule has 2 unspecified atom stereocenters. The van der Waals surface area contributed by atoms with Crippen molar-refractivity contribution in [3.05, 3.63) is 79.9 Å². The Morgan fingerprint density at radius 1 is 0.619 bits per heavy atom. The molecule has 2 aromatic carbocycles. The molecule has 0 amide bonds. The van der Waals surface area contributed by atoms with E-state index in [2.05, 4.69) is 133 Å². The molecule has 2 aliphatic rings. The molecule has 2 atom stereocenters. The monoisotopic (exact) mass is 703 g/mol. The second kappa shape index (κ2) is 10.0. The van der Waals surface area contributed by atoms with Gasteiger partial charge in [-0.25, -0.2) is 0 Å². The summed E-state index contributed by atoms with van der Waals surface area (Å²) in [5.41, 5.74) is 14.2. The fraction of sp³-hybridized carbons (Fsp3) is 0.579. The topological polar surface area (TPSA) is 0 Å². The normalized spacial score (nSPS) is 21.4. The van der Waals surface area contributed by atoms with Crippen LogP contribution in [0.4, 0.5) is 0 Å². The van der Waals surface area contributed by atoms with Crippen molar-refractivity contribution in [3.63, 3.8) is 0 Å². The third kappa shape index (κ3) is 4.12. The van der Waals surface area contributed by atoms with Crippen LogP contribution in [0.1, 0.15) is 159 Å². The summed E-state index contributed by atoms with van der Waals surface area (Å²) in [5, 5.41) is 0. The van der Waals surface area contributed by atoms with E-state index in [9.17, 15) is 17.0 Å². The summed E-state index contributed by atoms with van der Waals surface area (Å²) in [5.74, 6) is -0.0444. The van der Waals surface area contributed by atoms with E-state index in [1.54, 1.807) is 0 Å². The SMILES string of the molecule is C[CH2][Zr]([Cl])([Cl])([CH2]C)([CH]1C(C)=Cc2c(C(C)C)cc(C(C)C)cc21)([CH]1C(C)=Cc2c(C(C)C)cc(C(C)C)cc21)[SiH](C)C. The first-order valence-electron chi connectivity index (χ1n) is 16.9.